The molecule has 0 aliphatic heterocycles. The molecule has 21 heavy (non-hydrogen) atoms. The molecule has 5 nitrogen and oxygen atoms in total. The van der Waals surface area contributed by atoms with Gasteiger partial charge >= 0.3 is 0 Å². The molecule has 118 valence electrons. The Bertz CT molecular complexity index is 584. The zero-order valence-electron chi connectivity index (χ0n) is 12.4. The third-order valence-electron chi connectivity index (χ3n) is 4.69. The van der Waals surface area contributed by atoms with Crippen molar-refractivity contribution in [1.82, 2.24) is 9.29 Å². The summed E-state index contributed by atoms with van der Waals surface area (Å²) in [6.45, 7) is 0.924. The molecule has 2 aliphatic rings. The van der Waals surface area contributed by atoms with Crippen LogP contribution >= 0.6 is 0 Å². The maximum absolute atomic E-state index is 12.4. The molecule has 6 heteroatoms. The molecular formula is C15H25N3O2S. The summed E-state index contributed by atoms with van der Waals surface area (Å²) in [4.78, 5) is 0.362. The Labute approximate surface area is 127 Å². The van der Waals surface area contributed by atoms with E-state index in [0.717, 1.165) is 25.0 Å². The molecule has 2 fully saturated rings. The Hall–Kier alpha value is -0.850. The highest BCUT2D eigenvalue weighted by Crippen LogP contribution is 2.37. The number of nitrogens with one attached hydrogen (secondary N) is 1. The number of aromatic nitrogens is 1. The van der Waals surface area contributed by atoms with Crippen LogP contribution in [0, 0.1) is 5.92 Å². The first kappa shape index (κ1) is 15.1. The molecular weight excluding hydrogens is 286 g/mol. The predicted octanol–water partition coefficient (Wildman–Crippen LogP) is 2.14. The van der Waals surface area contributed by atoms with Crippen LogP contribution in [0.1, 0.15) is 56.7 Å². The Morgan fingerprint density at radius 3 is 2.57 bits per heavy atom. The Balaban J connectivity index is 1.63. The van der Waals surface area contributed by atoms with Gasteiger partial charge in [-0.3, -0.25) is 0 Å². The predicted molar refractivity (Wildman–Crippen MR) is 82.4 cm³/mol. The van der Waals surface area contributed by atoms with Crippen molar-refractivity contribution in [2.75, 3.05) is 6.54 Å². The van der Waals surface area contributed by atoms with Crippen molar-refractivity contribution < 1.29 is 8.42 Å². The molecule has 1 heterocycles. The van der Waals surface area contributed by atoms with Gasteiger partial charge in [0.2, 0.25) is 10.0 Å². The lowest BCUT2D eigenvalue weighted by molar-refractivity contribution is 0.495. The van der Waals surface area contributed by atoms with Crippen LogP contribution in [0.15, 0.2) is 17.2 Å². The molecule has 0 amide bonds. The van der Waals surface area contributed by atoms with Crippen LogP contribution < -0.4 is 10.5 Å². The Morgan fingerprint density at radius 1 is 1.24 bits per heavy atom. The zero-order valence-corrected chi connectivity index (χ0v) is 13.2. The fourth-order valence-corrected chi connectivity index (χ4v) is 4.38. The molecule has 0 unspecified atom stereocenters. The maximum Gasteiger partial charge on any atom is 0.242 e. The van der Waals surface area contributed by atoms with Gasteiger partial charge in [-0.25, -0.2) is 13.1 Å². The van der Waals surface area contributed by atoms with E-state index in [4.69, 9.17) is 5.73 Å². The first-order valence-electron chi connectivity index (χ1n) is 8.00. The fraction of sp³-hybridized carbons (Fsp3) is 0.733. The minimum atomic E-state index is -3.40. The molecule has 0 saturated heterocycles. The highest BCUT2D eigenvalue weighted by atomic mass is 32.2. The summed E-state index contributed by atoms with van der Waals surface area (Å²) in [7, 11) is -3.40. The number of nitrogens with two attached hydrogens (primary N) is 1. The van der Waals surface area contributed by atoms with Gasteiger partial charge in [0, 0.05) is 31.0 Å². The van der Waals surface area contributed by atoms with E-state index in [-0.39, 0.29) is 0 Å². The summed E-state index contributed by atoms with van der Waals surface area (Å²) < 4.78 is 29.5. The third kappa shape index (κ3) is 3.49. The van der Waals surface area contributed by atoms with Gasteiger partial charge in [-0.2, -0.15) is 0 Å². The van der Waals surface area contributed by atoms with Gasteiger partial charge in [-0.15, -0.1) is 0 Å². The average Bonchev–Trinajstić information content (AvgIpc) is 3.00. The Kier molecular flexibility index (Phi) is 4.38. The first-order valence-corrected chi connectivity index (χ1v) is 9.49. The molecule has 3 N–H and O–H groups in total. The maximum atomic E-state index is 12.4. The van der Waals surface area contributed by atoms with E-state index in [1.54, 1.807) is 12.3 Å². The van der Waals surface area contributed by atoms with Crippen LogP contribution in [0.2, 0.25) is 0 Å². The van der Waals surface area contributed by atoms with E-state index in [2.05, 4.69) is 4.72 Å². The van der Waals surface area contributed by atoms with Gasteiger partial charge in [0.25, 0.3) is 0 Å². The second-order valence-electron chi connectivity index (χ2n) is 6.35. The van der Waals surface area contributed by atoms with Crippen LogP contribution in [0.25, 0.3) is 0 Å². The van der Waals surface area contributed by atoms with E-state index in [1.807, 2.05) is 4.57 Å². The van der Waals surface area contributed by atoms with Crippen molar-refractivity contribution in [3.63, 3.8) is 0 Å². The van der Waals surface area contributed by atoms with Gasteiger partial charge in [0.05, 0.1) is 4.90 Å². The van der Waals surface area contributed by atoms with Crippen molar-refractivity contribution >= 4 is 10.0 Å². The highest BCUT2D eigenvalue weighted by molar-refractivity contribution is 7.89. The van der Waals surface area contributed by atoms with Crippen molar-refractivity contribution in [1.29, 1.82) is 0 Å². The summed E-state index contributed by atoms with van der Waals surface area (Å²) >= 11 is 0. The van der Waals surface area contributed by atoms with Crippen LogP contribution in [0.3, 0.4) is 0 Å². The molecule has 2 aliphatic carbocycles. The minimum absolute atomic E-state index is 0.362. The van der Waals surface area contributed by atoms with Crippen LogP contribution in [-0.4, -0.2) is 19.5 Å². The largest absolute Gasteiger partial charge is 0.346 e. The minimum Gasteiger partial charge on any atom is -0.346 e. The fourth-order valence-electron chi connectivity index (χ4n) is 3.28. The second-order valence-corrected chi connectivity index (χ2v) is 8.11. The van der Waals surface area contributed by atoms with Gasteiger partial charge in [-0.1, -0.05) is 25.7 Å². The SMILES string of the molecule is NCc1cc(S(=O)(=O)NCCC2CCCC2)cn1C1CC1. The number of hydrogen-bond acceptors (Lipinski definition) is 3. The highest BCUT2D eigenvalue weighted by Gasteiger charge is 2.28. The molecule has 0 radical (unpaired) electrons. The first-order chi connectivity index (χ1) is 10.1. The standard InChI is InChI=1S/C15H25N3O2S/c16-10-14-9-15(11-18(14)13-5-6-13)21(19,20)17-8-7-12-3-1-2-4-12/h9,11-13,17H,1-8,10,16H2. The number of rotatable bonds is 7. The van der Waals surface area contributed by atoms with E-state index >= 15 is 0 Å². The summed E-state index contributed by atoms with van der Waals surface area (Å²) in [6, 6.07) is 2.17. The molecule has 0 spiro atoms. The van der Waals surface area contributed by atoms with E-state index in [1.165, 1.54) is 25.7 Å². The smallest absolute Gasteiger partial charge is 0.242 e. The lowest BCUT2D eigenvalue weighted by atomic mass is 10.1. The molecule has 0 atom stereocenters. The number of nitrogens with zero attached hydrogens (tertiary/aromatic N) is 1. The summed E-state index contributed by atoms with van der Waals surface area (Å²) in [6.07, 6.45) is 10.0. The average molecular weight is 311 g/mol. The molecule has 2 saturated carbocycles. The lowest BCUT2D eigenvalue weighted by Gasteiger charge is -2.09. The molecule has 1 aromatic heterocycles. The molecule has 1 aromatic rings. The van der Waals surface area contributed by atoms with Crippen molar-refractivity contribution in [3.05, 3.63) is 18.0 Å². The molecule has 0 bridgehead atoms. The number of hydrogen-bond donors (Lipinski definition) is 2. The van der Waals surface area contributed by atoms with Gasteiger partial charge in [0.1, 0.15) is 0 Å². The monoisotopic (exact) mass is 311 g/mol. The van der Waals surface area contributed by atoms with Crippen molar-refractivity contribution in [2.45, 2.75) is 62.4 Å². The van der Waals surface area contributed by atoms with Crippen molar-refractivity contribution in [2.24, 2.45) is 11.7 Å². The van der Waals surface area contributed by atoms with Crippen LogP contribution in [0.5, 0.6) is 0 Å². The topological polar surface area (TPSA) is 77.1 Å². The second kappa shape index (κ2) is 6.10. The van der Waals surface area contributed by atoms with E-state index in [0.29, 0.717) is 29.9 Å². The van der Waals surface area contributed by atoms with Gasteiger partial charge in [-0.05, 0) is 31.2 Å². The van der Waals surface area contributed by atoms with Gasteiger partial charge in [0.15, 0.2) is 0 Å². The summed E-state index contributed by atoms with van der Waals surface area (Å²) in [5, 5.41) is 0. The quantitative estimate of drug-likeness (QED) is 0.810. The Morgan fingerprint density at radius 2 is 1.95 bits per heavy atom. The summed E-state index contributed by atoms with van der Waals surface area (Å²) in [5.74, 6) is 0.698. The third-order valence-corrected chi connectivity index (χ3v) is 6.11. The normalized spacial score (nSPS) is 20.2. The van der Waals surface area contributed by atoms with Gasteiger partial charge < -0.3 is 10.3 Å². The van der Waals surface area contributed by atoms with Crippen molar-refractivity contribution in [3.8, 4) is 0 Å². The van der Waals surface area contributed by atoms with E-state index in [9.17, 15) is 8.42 Å². The zero-order chi connectivity index (χ0) is 14.9. The molecule has 0 aromatic carbocycles. The summed E-state index contributed by atoms with van der Waals surface area (Å²) in [5.41, 5.74) is 6.63. The van der Waals surface area contributed by atoms with Crippen LogP contribution in [0.4, 0.5) is 0 Å². The van der Waals surface area contributed by atoms with Crippen LogP contribution in [-0.2, 0) is 16.6 Å². The van der Waals surface area contributed by atoms with E-state index < -0.39 is 10.0 Å². The number of sulfonamides is 1. The molecule has 3 rings (SSSR count). The lowest BCUT2D eigenvalue weighted by Crippen LogP contribution is -2.25.